The molecule has 0 aromatic heterocycles. The van der Waals surface area contributed by atoms with Gasteiger partial charge in [0.05, 0.1) is 18.2 Å². The number of aliphatic hydroxyl groups excluding tert-OH is 1. The second-order valence-corrected chi connectivity index (χ2v) is 13.9. The molecule has 2 aromatic carbocycles. The Morgan fingerprint density at radius 3 is 1.81 bits per heavy atom. The molecule has 11 heteroatoms. The summed E-state index contributed by atoms with van der Waals surface area (Å²) in [6, 6.07) is 12.1. The van der Waals surface area contributed by atoms with E-state index in [4.69, 9.17) is 0 Å². The number of rotatable bonds is 17. The Morgan fingerprint density at radius 2 is 1.29 bits per heavy atom. The Hall–Kier alpha value is -4.25. The summed E-state index contributed by atoms with van der Waals surface area (Å²) in [5.41, 5.74) is 1.48. The number of hydrogen-bond donors (Lipinski definition) is 6. The molecule has 5 amide bonds. The van der Waals surface area contributed by atoms with E-state index < -0.39 is 35.9 Å². The first-order valence-corrected chi connectivity index (χ1v) is 16.8. The van der Waals surface area contributed by atoms with E-state index in [0.29, 0.717) is 13.0 Å². The minimum Gasteiger partial charge on any atom is -0.391 e. The monoisotopic (exact) mass is 665 g/mol. The zero-order valence-corrected chi connectivity index (χ0v) is 29.8. The van der Waals surface area contributed by atoms with Crippen molar-refractivity contribution in [2.75, 3.05) is 11.9 Å². The van der Waals surface area contributed by atoms with Crippen molar-refractivity contribution in [2.24, 2.45) is 23.7 Å². The van der Waals surface area contributed by atoms with Crippen LogP contribution in [0.15, 0.2) is 48.5 Å². The van der Waals surface area contributed by atoms with E-state index in [2.05, 4.69) is 26.6 Å². The molecule has 6 N–H and O–H groups in total. The highest BCUT2D eigenvalue weighted by Gasteiger charge is 2.30. The van der Waals surface area contributed by atoms with E-state index in [1.54, 1.807) is 6.92 Å². The summed E-state index contributed by atoms with van der Waals surface area (Å²) in [5.74, 6) is -2.41. The van der Waals surface area contributed by atoms with E-state index in [1.165, 1.54) is 25.1 Å². The fraction of sp³-hybridized carbons (Fsp3) is 0.541. The summed E-state index contributed by atoms with van der Waals surface area (Å²) in [4.78, 5) is 64.7. The first-order chi connectivity index (χ1) is 22.5. The van der Waals surface area contributed by atoms with Gasteiger partial charge in [-0.2, -0.15) is 0 Å². The van der Waals surface area contributed by atoms with Gasteiger partial charge >= 0.3 is 0 Å². The summed E-state index contributed by atoms with van der Waals surface area (Å²) in [6.45, 7) is 17.0. The molecule has 0 saturated heterocycles. The Balaban J connectivity index is 2.23. The minimum atomic E-state index is -1.09. The first-order valence-electron chi connectivity index (χ1n) is 16.8. The molecule has 264 valence electrons. The maximum absolute atomic E-state index is 13.6. The molecule has 0 radical (unpaired) electrons. The third kappa shape index (κ3) is 13.1. The molecule has 0 aliphatic carbocycles. The Morgan fingerprint density at radius 1 is 0.708 bits per heavy atom. The molecule has 5 unspecified atom stereocenters. The number of carbonyl (C=O) groups is 5. The second-order valence-electron chi connectivity index (χ2n) is 13.9. The van der Waals surface area contributed by atoms with Crippen molar-refractivity contribution < 1.29 is 29.1 Å². The number of amides is 5. The van der Waals surface area contributed by atoms with Crippen LogP contribution in [0.4, 0.5) is 5.69 Å². The van der Waals surface area contributed by atoms with Gasteiger partial charge in [-0.15, -0.1) is 0 Å². The lowest BCUT2D eigenvalue weighted by Gasteiger charge is -2.29. The van der Waals surface area contributed by atoms with E-state index in [0.717, 1.165) is 5.56 Å². The lowest BCUT2D eigenvalue weighted by molar-refractivity contribution is -0.132. The summed E-state index contributed by atoms with van der Waals surface area (Å²) in [7, 11) is 0. The van der Waals surface area contributed by atoms with Crippen molar-refractivity contribution >= 4 is 35.2 Å². The average Bonchev–Trinajstić information content (AvgIpc) is 3.01. The summed E-state index contributed by atoms with van der Waals surface area (Å²) >= 11 is 0. The molecule has 0 aliphatic heterocycles. The predicted octanol–water partition coefficient (Wildman–Crippen LogP) is 4.58. The van der Waals surface area contributed by atoms with Crippen LogP contribution in [0.2, 0.25) is 0 Å². The van der Waals surface area contributed by atoms with Crippen molar-refractivity contribution in [1.82, 2.24) is 21.3 Å². The zero-order valence-electron chi connectivity index (χ0n) is 29.8. The highest BCUT2D eigenvalue weighted by Crippen LogP contribution is 2.21. The van der Waals surface area contributed by atoms with Crippen LogP contribution < -0.4 is 26.6 Å². The van der Waals surface area contributed by atoms with Crippen LogP contribution in [0.1, 0.15) is 107 Å². The standard InChI is InChI=1S/C37H55N5O6/c1-21(2)15-31(32(44)16-24(7)34(45)42-33(23(5)6)37(48)38-20-22(3)4)41-36(47)29-17-28(18-30(19-29)40-26(9)43)35(46)39-25(8)27-13-11-10-12-14-27/h10-14,17-19,21-25,31-33,44H,15-16,20H2,1-9H3,(H,38,48)(H,39,46)(H,40,43)(H,41,47)(H,42,45). The molecule has 5 atom stereocenters. The lowest BCUT2D eigenvalue weighted by Crippen LogP contribution is -2.52. The van der Waals surface area contributed by atoms with Gasteiger partial charge in [0.2, 0.25) is 17.7 Å². The molecule has 2 rings (SSSR count). The molecule has 0 fully saturated rings. The zero-order chi connectivity index (χ0) is 36.1. The van der Waals surface area contributed by atoms with Crippen molar-refractivity contribution in [1.29, 1.82) is 0 Å². The quantitative estimate of drug-likeness (QED) is 0.145. The van der Waals surface area contributed by atoms with Crippen molar-refractivity contribution in [3.8, 4) is 0 Å². The van der Waals surface area contributed by atoms with Gasteiger partial charge in [0, 0.05) is 36.2 Å². The van der Waals surface area contributed by atoms with Gasteiger partial charge in [-0.3, -0.25) is 24.0 Å². The van der Waals surface area contributed by atoms with E-state index in [1.807, 2.05) is 78.8 Å². The number of hydrogen-bond acceptors (Lipinski definition) is 6. The maximum Gasteiger partial charge on any atom is 0.251 e. The van der Waals surface area contributed by atoms with Gasteiger partial charge < -0.3 is 31.7 Å². The SMILES string of the molecule is CC(=O)Nc1cc(C(=O)NC(C)c2ccccc2)cc(C(=O)NC(CC(C)C)C(O)CC(C)C(=O)NC(C(=O)NCC(C)C)C(C)C)c1. The molecule has 0 heterocycles. The Bertz CT molecular complexity index is 1390. The minimum absolute atomic E-state index is 0.0406. The molecule has 48 heavy (non-hydrogen) atoms. The Kier molecular flexibility index (Phi) is 15.7. The molecule has 2 aromatic rings. The third-order valence-corrected chi connectivity index (χ3v) is 7.91. The van der Waals surface area contributed by atoms with Crippen LogP contribution in [0.25, 0.3) is 0 Å². The van der Waals surface area contributed by atoms with E-state index >= 15 is 0 Å². The van der Waals surface area contributed by atoms with Gasteiger partial charge in [-0.25, -0.2) is 0 Å². The van der Waals surface area contributed by atoms with Crippen LogP contribution >= 0.6 is 0 Å². The molecule has 0 saturated carbocycles. The molecule has 0 spiro atoms. The topological polar surface area (TPSA) is 166 Å². The first kappa shape index (κ1) is 39.9. The van der Waals surface area contributed by atoms with E-state index in [-0.39, 0.29) is 64.8 Å². The molecule has 0 bridgehead atoms. The molecular formula is C37H55N5O6. The predicted molar refractivity (Wildman–Crippen MR) is 188 cm³/mol. The van der Waals surface area contributed by atoms with Crippen molar-refractivity contribution in [2.45, 2.75) is 99.4 Å². The number of aliphatic hydroxyl groups is 1. The second kappa shape index (κ2) is 18.9. The summed E-state index contributed by atoms with van der Waals surface area (Å²) in [6.07, 6.45) is -0.628. The molecular weight excluding hydrogens is 610 g/mol. The number of nitrogens with one attached hydrogen (secondary N) is 5. The summed E-state index contributed by atoms with van der Waals surface area (Å²) in [5, 5.41) is 25.5. The third-order valence-electron chi connectivity index (χ3n) is 7.91. The molecule has 0 aliphatic rings. The van der Waals surface area contributed by atoms with Crippen LogP contribution in [-0.4, -0.2) is 59.4 Å². The van der Waals surface area contributed by atoms with E-state index in [9.17, 15) is 29.1 Å². The fourth-order valence-corrected chi connectivity index (χ4v) is 5.22. The number of benzene rings is 2. The van der Waals surface area contributed by atoms with Gasteiger partial charge in [0.15, 0.2) is 0 Å². The van der Waals surface area contributed by atoms with Crippen molar-refractivity contribution in [3.05, 3.63) is 65.2 Å². The summed E-state index contributed by atoms with van der Waals surface area (Å²) < 4.78 is 0. The molecule has 11 nitrogen and oxygen atoms in total. The number of carbonyl (C=O) groups excluding carboxylic acids is 5. The van der Waals surface area contributed by atoms with Crippen molar-refractivity contribution in [3.63, 3.8) is 0 Å². The highest BCUT2D eigenvalue weighted by molar-refractivity contribution is 6.02. The average molecular weight is 666 g/mol. The lowest BCUT2D eigenvalue weighted by atomic mass is 9.91. The number of anilines is 1. The van der Waals surface area contributed by atoms with Crippen LogP contribution in [0.5, 0.6) is 0 Å². The largest absolute Gasteiger partial charge is 0.391 e. The van der Waals surface area contributed by atoms with Crippen LogP contribution in [0.3, 0.4) is 0 Å². The van der Waals surface area contributed by atoms with Gasteiger partial charge in [0.1, 0.15) is 6.04 Å². The fourth-order valence-electron chi connectivity index (χ4n) is 5.22. The normalized spacial score (nSPS) is 14.4. The van der Waals surface area contributed by atoms with Gasteiger partial charge in [0.25, 0.3) is 11.8 Å². The highest BCUT2D eigenvalue weighted by atomic mass is 16.3. The van der Waals surface area contributed by atoms with Gasteiger partial charge in [-0.05, 0) is 61.3 Å². The van der Waals surface area contributed by atoms with Gasteiger partial charge in [-0.1, -0.05) is 78.8 Å². The Labute approximate surface area is 285 Å². The van der Waals surface area contributed by atoms with Crippen LogP contribution in [-0.2, 0) is 14.4 Å². The maximum atomic E-state index is 13.6. The van der Waals surface area contributed by atoms with Crippen LogP contribution in [0, 0.1) is 23.7 Å². The smallest absolute Gasteiger partial charge is 0.251 e.